The lowest BCUT2D eigenvalue weighted by molar-refractivity contribution is 0.577. The minimum absolute atomic E-state index is 0.0500. The Kier molecular flexibility index (Phi) is 4.94. The van der Waals surface area contributed by atoms with Crippen LogP contribution in [0.3, 0.4) is 0 Å². The van der Waals surface area contributed by atoms with Crippen LogP contribution in [0.1, 0.15) is 19.3 Å². The maximum atomic E-state index is 11.7. The highest BCUT2D eigenvalue weighted by molar-refractivity contribution is 7.89. The number of pyridine rings is 1. The number of terminal acetylenes is 1. The van der Waals surface area contributed by atoms with E-state index in [0.29, 0.717) is 19.4 Å². The molecule has 0 radical (unpaired) electrons. The van der Waals surface area contributed by atoms with Crippen LogP contribution in [0.2, 0.25) is 0 Å². The van der Waals surface area contributed by atoms with Crippen molar-refractivity contribution in [2.45, 2.75) is 24.2 Å². The maximum absolute atomic E-state index is 11.7. The fourth-order valence-electron chi connectivity index (χ4n) is 1.21. The van der Waals surface area contributed by atoms with Crippen LogP contribution in [0.4, 0.5) is 0 Å². The summed E-state index contributed by atoms with van der Waals surface area (Å²) in [7, 11) is -3.54. The van der Waals surface area contributed by atoms with Gasteiger partial charge in [-0.15, -0.1) is 12.3 Å². The SMILES string of the molecule is C#CCCCCNS(=O)(=O)c1ccc(=O)[nH]c1. The summed E-state index contributed by atoms with van der Waals surface area (Å²) in [6.45, 7) is 0.336. The van der Waals surface area contributed by atoms with Gasteiger partial charge >= 0.3 is 0 Å². The van der Waals surface area contributed by atoms with Crippen molar-refractivity contribution in [2.75, 3.05) is 6.54 Å². The second-order valence-corrected chi connectivity index (χ2v) is 5.21. The fourth-order valence-corrected chi connectivity index (χ4v) is 2.25. The molecule has 0 aliphatic heterocycles. The lowest BCUT2D eigenvalue weighted by Gasteiger charge is -2.05. The highest BCUT2D eigenvalue weighted by Crippen LogP contribution is 2.04. The summed E-state index contributed by atoms with van der Waals surface area (Å²) in [6, 6.07) is 2.44. The Morgan fingerprint density at radius 3 is 2.71 bits per heavy atom. The number of aromatic amines is 1. The van der Waals surface area contributed by atoms with Gasteiger partial charge in [-0.25, -0.2) is 13.1 Å². The maximum Gasteiger partial charge on any atom is 0.247 e. The van der Waals surface area contributed by atoms with Crippen LogP contribution in [0, 0.1) is 12.3 Å². The van der Waals surface area contributed by atoms with E-state index in [1.165, 1.54) is 18.3 Å². The van der Waals surface area contributed by atoms with E-state index in [4.69, 9.17) is 6.42 Å². The molecule has 17 heavy (non-hydrogen) atoms. The zero-order valence-corrected chi connectivity index (χ0v) is 10.1. The molecule has 6 heteroatoms. The molecule has 1 aromatic rings. The molecule has 1 heterocycles. The van der Waals surface area contributed by atoms with Crippen LogP contribution in [0.25, 0.3) is 0 Å². The van der Waals surface area contributed by atoms with Crippen molar-refractivity contribution >= 4 is 10.0 Å². The zero-order chi connectivity index (χ0) is 12.7. The molecule has 92 valence electrons. The van der Waals surface area contributed by atoms with E-state index in [1.54, 1.807) is 0 Å². The highest BCUT2D eigenvalue weighted by Gasteiger charge is 2.12. The second-order valence-electron chi connectivity index (χ2n) is 3.45. The Bertz CT molecular complexity index is 534. The molecule has 0 aliphatic rings. The van der Waals surface area contributed by atoms with E-state index in [9.17, 15) is 13.2 Å². The number of nitrogens with one attached hydrogen (secondary N) is 2. The van der Waals surface area contributed by atoms with Gasteiger partial charge in [-0.2, -0.15) is 0 Å². The van der Waals surface area contributed by atoms with Crippen molar-refractivity contribution in [1.82, 2.24) is 9.71 Å². The molecule has 0 unspecified atom stereocenters. The van der Waals surface area contributed by atoms with Gasteiger partial charge in [0.25, 0.3) is 0 Å². The van der Waals surface area contributed by atoms with Crippen molar-refractivity contribution in [3.63, 3.8) is 0 Å². The molecule has 0 fully saturated rings. The molecule has 5 nitrogen and oxygen atoms in total. The normalized spacial score (nSPS) is 11.0. The number of sulfonamides is 1. The second kappa shape index (κ2) is 6.23. The molecule has 1 aromatic heterocycles. The van der Waals surface area contributed by atoms with Crippen LogP contribution in [0.15, 0.2) is 28.0 Å². The first-order valence-electron chi connectivity index (χ1n) is 5.18. The first-order chi connectivity index (χ1) is 8.06. The van der Waals surface area contributed by atoms with Crippen LogP contribution in [-0.2, 0) is 10.0 Å². The van der Waals surface area contributed by atoms with Gasteiger partial charge in [0.05, 0.1) is 4.90 Å². The molecular weight excluding hydrogens is 240 g/mol. The summed E-state index contributed by atoms with van der Waals surface area (Å²) in [4.78, 5) is 13.2. The van der Waals surface area contributed by atoms with Gasteiger partial charge in [-0.1, -0.05) is 0 Å². The molecule has 1 rings (SSSR count). The molecule has 0 saturated carbocycles. The van der Waals surface area contributed by atoms with Crippen molar-refractivity contribution in [3.8, 4) is 12.3 Å². The Hall–Kier alpha value is -1.58. The summed E-state index contributed by atoms with van der Waals surface area (Å²) in [5.41, 5.74) is -0.335. The molecule has 0 saturated heterocycles. The van der Waals surface area contributed by atoms with Crippen molar-refractivity contribution < 1.29 is 8.42 Å². The molecular formula is C11H14N2O3S. The number of rotatable bonds is 6. The molecule has 0 spiro atoms. The number of unbranched alkanes of at least 4 members (excludes halogenated alkanes) is 2. The Balaban J connectivity index is 2.55. The minimum atomic E-state index is -3.54. The summed E-state index contributed by atoms with van der Waals surface area (Å²) in [6.07, 6.45) is 8.36. The third-order valence-corrected chi connectivity index (χ3v) is 3.56. The molecule has 2 N–H and O–H groups in total. The molecule has 0 aliphatic carbocycles. The fraction of sp³-hybridized carbons (Fsp3) is 0.364. The summed E-state index contributed by atoms with van der Waals surface area (Å²) in [5, 5.41) is 0. The minimum Gasteiger partial charge on any atom is -0.328 e. The van der Waals surface area contributed by atoms with Gasteiger partial charge in [0, 0.05) is 25.2 Å². The van der Waals surface area contributed by atoms with Gasteiger partial charge in [0.15, 0.2) is 0 Å². The predicted octanol–water partition coefficient (Wildman–Crippen LogP) is 0.457. The van der Waals surface area contributed by atoms with E-state index in [2.05, 4.69) is 15.6 Å². The summed E-state index contributed by atoms with van der Waals surface area (Å²) < 4.78 is 25.8. The van der Waals surface area contributed by atoms with Crippen LogP contribution < -0.4 is 10.3 Å². The number of aromatic nitrogens is 1. The monoisotopic (exact) mass is 254 g/mol. The molecule has 0 bridgehead atoms. The van der Waals surface area contributed by atoms with E-state index in [1.807, 2.05) is 0 Å². The average Bonchev–Trinajstić information content (AvgIpc) is 2.29. The van der Waals surface area contributed by atoms with Crippen LogP contribution in [0.5, 0.6) is 0 Å². The largest absolute Gasteiger partial charge is 0.328 e. The predicted molar refractivity (Wildman–Crippen MR) is 64.9 cm³/mol. The first kappa shape index (κ1) is 13.5. The average molecular weight is 254 g/mol. The number of hydrogen-bond acceptors (Lipinski definition) is 3. The van der Waals surface area contributed by atoms with Crippen molar-refractivity contribution in [1.29, 1.82) is 0 Å². The summed E-state index contributed by atoms with van der Waals surface area (Å²) in [5.74, 6) is 2.49. The van der Waals surface area contributed by atoms with E-state index in [-0.39, 0.29) is 10.5 Å². The third-order valence-electron chi connectivity index (χ3n) is 2.11. The summed E-state index contributed by atoms with van der Waals surface area (Å²) >= 11 is 0. The van der Waals surface area contributed by atoms with Crippen LogP contribution in [-0.4, -0.2) is 19.9 Å². The van der Waals surface area contributed by atoms with Gasteiger partial charge in [-0.05, 0) is 18.9 Å². The molecule has 0 aromatic carbocycles. The Morgan fingerprint density at radius 2 is 2.12 bits per heavy atom. The zero-order valence-electron chi connectivity index (χ0n) is 9.27. The van der Waals surface area contributed by atoms with Crippen molar-refractivity contribution in [2.24, 2.45) is 0 Å². The van der Waals surface area contributed by atoms with E-state index < -0.39 is 10.0 Å². The topological polar surface area (TPSA) is 79.0 Å². The van der Waals surface area contributed by atoms with Gasteiger partial charge in [0.1, 0.15) is 0 Å². The van der Waals surface area contributed by atoms with Gasteiger partial charge in [-0.3, -0.25) is 4.79 Å². The standard InChI is InChI=1S/C11H14N2O3S/c1-2-3-4-5-8-13-17(15,16)10-6-7-11(14)12-9-10/h1,6-7,9,13H,3-5,8H2,(H,12,14). The molecule has 0 amide bonds. The smallest absolute Gasteiger partial charge is 0.247 e. The van der Waals surface area contributed by atoms with E-state index in [0.717, 1.165) is 6.42 Å². The Morgan fingerprint density at radius 1 is 1.35 bits per heavy atom. The first-order valence-corrected chi connectivity index (χ1v) is 6.66. The number of hydrogen-bond donors (Lipinski definition) is 2. The van der Waals surface area contributed by atoms with Crippen LogP contribution >= 0.6 is 0 Å². The highest BCUT2D eigenvalue weighted by atomic mass is 32.2. The Labute approximate surface area is 100 Å². The van der Waals surface area contributed by atoms with Gasteiger partial charge in [0.2, 0.25) is 15.6 Å². The number of H-pyrrole nitrogens is 1. The lowest BCUT2D eigenvalue weighted by atomic mass is 10.2. The van der Waals surface area contributed by atoms with Crippen molar-refractivity contribution in [3.05, 3.63) is 28.7 Å². The quantitative estimate of drug-likeness (QED) is 0.571. The lowest BCUT2D eigenvalue weighted by Crippen LogP contribution is -2.25. The van der Waals surface area contributed by atoms with Gasteiger partial charge < -0.3 is 4.98 Å². The van der Waals surface area contributed by atoms with E-state index >= 15 is 0 Å². The third kappa shape index (κ3) is 4.43. The molecule has 0 atom stereocenters.